The smallest absolute Gasteiger partial charge is 0.236 e. The van der Waals surface area contributed by atoms with Crippen molar-refractivity contribution in [3.63, 3.8) is 0 Å². The molecule has 2 aromatic rings. The van der Waals surface area contributed by atoms with Gasteiger partial charge in [-0.1, -0.05) is 0 Å². The van der Waals surface area contributed by atoms with Crippen LogP contribution in [0.4, 0.5) is 5.69 Å². The Bertz CT molecular complexity index is 533. The highest BCUT2D eigenvalue weighted by molar-refractivity contribution is 5.82. The number of rotatable bonds is 3. The zero-order valence-electron chi connectivity index (χ0n) is 9.23. The summed E-state index contributed by atoms with van der Waals surface area (Å²) < 4.78 is 5.36. The minimum atomic E-state index is -0.362. The second-order valence-corrected chi connectivity index (χ2v) is 3.71. The van der Waals surface area contributed by atoms with E-state index >= 15 is 0 Å². The molecule has 0 spiro atoms. The largest absolute Gasteiger partial charge is 0.441 e. The summed E-state index contributed by atoms with van der Waals surface area (Å²) in [5.74, 6) is 0.267. The van der Waals surface area contributed by atoms with Crippen molar-refractivity contribution < 1.29 is 9.21 Å². The number of likely N-dealkylation sites (N-methyl/N-ethyl adjacent to an activating group) is 1. The number of carbonyl (C=O) groups excluding carboxylic acids is 1. The van der Waals surface area contributed by atoms with Crippen molar-refractivity contribution in [2.45, 2.75) is 6.92 Å². The van der Waals surface area contributed by atoms with E-state index < -0.39 is 0 Å². The van der Waals surface area contributed by atoms with E-state index in [1.54, 1.807) is 18.9 Å². The van der Waals surface area contributed by atoms with E-state index in [2.05, 4.69) is 4.98 Å². The van der Waals surface area contributed by atoms with Gasteiger partial charge in [0.05, 0.1) is 6.54 Å². The number of nitrogens with two attached hydrogens (primary N) is 1. The minimum Gasteiger partial charge on any atom is -0.441 e. The van der Waals surface area contributed by atoms with Crippen LogP contribution in [0.1, 0.15) is 5.89 Å². The molecule has 0 aliphatic rings. The van der Waals surface area contributed by atoms with Crippen LogP contribution in [0.5, 0.6) is 0 Å². The number of oxazole rings is 1. The summed E-state index contributed by atoms with van der Waals surface area (Å²) in [6.45, 7) is 1.98. The fourth-order valence-corrected chi connectivity index (χ4v) is 1.59. The standard InChI is InChI=1S/C11H13N3O2/c1-7-13-9-5-8(3-4-10(9)16-7)14(2)6-11(12)15/h3-5H,6H2,1-2H3,(H2,12,15). The van der Waals surface area contributed by atoms with Crippen molar-refractivity contribution in [2.24, 2.45) is 5.73 Å². The van der Waals surface area contributed by atoms with Crippen molar-refractivity contribution in [2.75, 3.05) is 18.5 Å². The highest BCUT2D eigenvalue weighted by Gasteiger charge is 2.07. The third-order valence-electron chi connectivity index (χ3n) is 2.31. The van der Waals surface area contributed by atoms with E-state index in [9.17, 15) is 4.79 Å². The molecule has 0 aliphatic heterocycles. The first kappa shape index (κ1) is 10.5. The van der Waals surface area contributed by atoms with Crippen LogP contribution in [0.2, 0.25) is 0 Å². The fourth-order valence-electron chi connectivity index (χ4n) is 1.59. The number of carbonyl (C=O) groups is 1. The molecule has 2 N–H and O–H groups in total. The van der Waals surface area contributed by atoms with E-state index in [4.69, 9.17) is 10.2 Å². The first-order valence-corrected chi connectivity index (χ1v) is 4.93. The number of hydrogen-bond acceptors (Lipinski definition) is 4. The zero-order valence-corrected chi connectivity index (χ0v) is 9.23. The molecule has 0 saturated heterocycles. The van der Waals surface area contributed by atoms with Crippen LogP contribution in [0, 0.1) is 6.92 Å². The molecule has 0 radical (unpaired) electrons. The fraction of sp³-hybridized carbons (Fsp3) is 0.273. The zero-order chi connectivity index (χ0) is 11.7. The summed E-state index contributed by atoms with van der Waals surface area (Å²) in [4.78, 5) is 16.8. The van der Waals surface area contributed by atoms with Gasteiger partial charge in [-0.3, -0.25) is 4.79 Å². The average molecular weight is 219 g/mol. The lowest BCUT2D eigenvalue weighted by Crippen LogP contribution is -2.30. The first-order chi connectivity index (χ1) is 7.56. The van der Waals surface area contributed by atoms with Crippen LogP contribution in [-0.4, -0.2) is 24.5 Å². The van der Waals surface area contributed by atoms with Crippen molar-refractivity contribution >= 4 is 22.7 Å². The van der Waals surface area contributed by atoms with Gasteiger partial charge in [-0.15, -0.1) is 0 Å². The normalized spacial score (nSPS) is 10.6. The first-order valence-electron chi connectivity index (χ1n) is 4.93. The number of hydrogen-bond donors (Lipinski definition) is 1. The van der Waals surface area contributed by atoms with E-state index in [1.807, 2.05) is 18.2 Å². The van der Waals surface area contributed by atoms with Crippen molar-refractivity contribution in [3.8, 4) is 0 Å². The third kappa shape index (κ3) is 1.98. The Morgan fingerprint density at radius 3 is 3.00 bits per heavy atom. The van der Waals surface area contributed by atoms with Crippen molar-refractivity contribution in [1.82, 2.24) is 4.98 Å². The number of anilines is 1. The van der Waals surface area contributed by atoms with Crippen LogP contribution < -0.4 is 10.6 Å². The summed E-state index contributed by atoms with van der Waals surface area (Å²) in [7, 11) is 1.80. The van der Waals surface area contributed by atoms with Crippen LogP contribution >= 0.6 is 0 Å². The van der Waals surface area contributed by atoms with Gasteiger partial charge >= 0.3 is 0 Å². The summed E-state index contributed by atoms with van der Waals surface area (Å²) in [6.07, 6.45) is 0. The van der Waals surface area contributed by atoms with Gasteiger partial charge < -0.3 is 15.1 Å². The maximum absolute atomic E-state index is 10.8. The lowest BCUT2D eigenvalue weighted by atomic mass is 10.2. The van der Waals surface area contributed by atoms with Crippen molar-refractivity contribution in [3.05, 3.63) is 24.1 Å². The highest BCUT2D eigenvalue weighted by atomic mass is 16.3. The van der Waals surface area contributed by atoms with Gasteiger partial charge in [0.2, 0.25) is 5.91 Å². The molecule has 2 rings (SSSR count). The van der Waals surface area contributed by atoms with Gasteiger partial charge in [-0.05, 0) is 18.2 Å². The molecular weight excluding hydrogens is 206 g/mol. The number of fused-ring (bicyclic) bond motifs is 1. The lowest BCUT2D eigenvalue weighted by Gasteiger charge is -2.16. The molecule has 0 atom stereocenters. The van der Waals surface area contributed by atoms with Gasteiger partial charge in [0.15, 0.2) is 11.5 Å². The SMILES string of the molecule is Cc1nc2cc(N(C)CC(N)=O)ccc2o1. The molecule has 1 aromatic carbocycles. The average Bonchev–Trinajstić information content (AvgIpc) is 2.55. The molecule has 1 heterocycles. The highest BCUT2D eigenvalue weighted by Crippen LogP contribution is 2.21. The minimum absolute atomic E-state index is 0.183. The number of aromatic nitrogens is 1. The Morgan fingerprint density at radius 1 is 1.56 bits per heavy atom. The van der Waals surface area contributed by atoms with Gasteiger partial charge in [-0.25, -0.2) is 4.98 Å². The van der Waals surface area contributed by atoms with Crippen LogP contribution in [0.15, 0.2) is 22.6 Å². The predicted octanol–water partition coefficient (Wildman–Crippen LogP) is 1.06. The van der Waals surface area contributed by atoms with E-state index in [0.29, 0.717) is 5.89 Å². The Hall–Kier alpha value is -2.04. The number of nitrogens with zero attached hydrogens (tertiary/aromatic N) is 2. The molecule has 0 fully saturated rings. The molecule has 0 unspecified atom stereocenters. The Kier molecular flexibility index (Phi) is 2.52. The summed E-state index contributed by atoms with van der Waals surface area (Å²) in [5.41, 5.74) is 7.55. The van der Waals surface area contributed by atoms with Crippen LogP contribution in [0.3, 0.4) is 0 Å². The maximum Gasteiger partial charge on any atom is 0.236 e. The Morgan fingerprint density at radius 2 is 2.31 bits per heavy atom. The van der Waals surface area contributed by atoms with E-state index in [0.717, 1.165) is 16.8 Å². The summed E-state index contributed by atoms with van der Waals surface area (Å²) in [6, 6.07) is 5.58. The molecule has 1 aromatic heterocycles. The molecule has 5 heteroatoms. The van der Waals surface area contributed by atoms with E-state index in [-0.39, 0.29) is 12.5 Å². The second-order valence-electron chi connectivity index (χ2n) is 3.71. The molecule has 1 amide bonds. The maximum atomic E-state index is 10.8. The topological polar surface area (TPSA) is 72.4 Å². The Labute approximate surface area is 92.8 Å². The third-order valence-corrected chi connectivity index (χ3v) is 2.31. The van der Waals surface area contributed by atoms with Gasteiger partial charge in [0, 0.05) is 19.7 Å². The number of benzene rings is 1. The quantitative estimate of drug-likeness (QED) is 0.837. The monoisotopic (exact) mass is 219 g/mol. The number of aryl methyl sites for hydroxylation is 1. The molecule has 5 nitrogen and oxygen atoms in total. The van der Waals surface area contributed by atoms with Crippen LogP contribution in [-0.2, 0) is 4.79 Å². The van der Waals surface area contributed by atoms with Crippen LogP contribution in [0.25, 0.3) is 11.1 Å². The summed E-state index contributed by atoms with van der Waals surface area (Å²) >= 11 is 0. The van der Waals surface area contributed by atoms with Gasteiger partial charge in [-0.2, -0.15) is 0 Å². The lowest BCUT2D eigenvalue weighted by molar-refractivity contribution is -0.116. The predicted molar refractivity (Wildman–Crippen MR) is 61.2 cm³/mol. The molecular formula is C11H13N3O2. The molecule has 0 saturated carbocycles. The Balaban J connectivity index is 2.34. The number of primary amides is 1. The van der Waals surface area contributed by atoms with Gasteiger partial charge in [0.25, 0.3) is 0 Å². The number of amides is 1. The van der Waals surface area contributed by atoms with Gasteiger partial charge in [0.1, 0.15) is 5.52 Å². The molecule has 0 aliphatic carbocycles. The van der Waals surface area contributed by atoms with Crippen molar-refractivity contribution in [1.29, 1.82) is 0 Å². The molecule has 16 heavy (non-hydrogen) atoms. The van der Waals surface area contributed by atoms with E-state index in [1.165, 1.54) is 0 Å². The summed E-state index contributed by atoms with van der Waals surface area (Å²) in [5, 5.41) is 0. The molecule has 84 valence electrons. The second kappa shape index (κ2) is 3.84. The molecule has 0 bridgehead atoms.